The smallest absolute Gasteiger partial charge is 0.226 e. The number of methoxy groups -OCH3 is 1. The first-order valence-corrected chi connectivity index (χ1v) is 6.93. The average molecular weight is 289 g/mol. The van der Waals surface area contributed by atoms with Gasteiger partial charge in [0.05, 0.1) is 5.41 Å². The lowest BCUT2D eigenvalue weighted by Crippen LogP contribution is -2.47. The van der Waals surface area contributed by atoms with Crippen molar-refractivity contribution in [1.29, 1.82) is 0 Å². The molecular formula is C14H25ClN2O2. The van der Waals surface area contributed by atoms with Gasteiger partial charge in [-0.25, -0.2) is 0 Å². The third-order valence-corrected chi connectivity index (χ3v) is 4.21. The molecule has 2 rings (SSSR count). The van der Waals surface area contributed by atoms with Crippen LogP contribution in [0.3, 0.4) is 0 Å². The van der Waals surface area contributed by atoms with Gasteiger partial charge in [-0.15, -0.1) is 12.4 Å². The minimum absolute atomic E-state index is 0. The molecule has 1 heterocycles. The number of rotatable bonds is 6. The summed E-state index contributed by atoms with van der Waals surface area (Å²) in [4.78, 5) is 12.3. The first-order chi connectivity index (χ1) is 8.77. The van der Waals surface area contributed by atoms with Crippen molar-refractivity contribution < 1.29 is 9.53 Å². The fraction of sp³-hybridized carbons (Fsp3) is 0.786. The molecule has 0 aromatic carbocycles. The maximum atomic E-state index is 12.3. The van der Waals surface area contributed by atoms with Crippen LogP contribution in [0, 0.1) is 5.41 Å². The Labute approximate surface area is 121 Å². The molecule has 0 aromatic heterocycles. The molecule has 1 saturated carbocycles. The Morgan fingerprint density at radius 3 is 2.84 bits per heavy atom. The molecule has 0 radical (unpaired) electrons. The third-order valence-electron chi connectivity index (χ3n) is 4.21. The number of hydrogen-bond donors (Lipinski definition) is 2. The highest BCUT2D eigenvalue weighted by molar-refractivity contribution is 5.85. The Hall–Kier alpha value is -0.580. The van der Waals surface area contributed by atoms with Crippen LogP contribution in [0.4, 0.5) is 0 Å². The topological polar surface area (TPSA) is 50.4 Å². The highest BCUT2D eigenvalue weighted by Crippen LogP contribution is 2.44. The lowest BCUT2D eigenvalue weighted by atomic mass is 9.66. The summed E-state index contributed by atoms with van der Waals surface area (Å²) >= 11 is 0. The second kappa shape index (κ2) is 7.88. The molecule has 2 aliphatic rings. The van der Waals surface area contributed by atoms with Crippen LogP contribution in [0.5, 0.6) is 0 Å². The third kappa shape index (κ3) is 4.20. The maximum absolute atomic E-state index is 12.3. The molecule has 4 nitrogen and oxygen atoms in total. The highest BCUT2D eigenvalue weighted by Gasteiger charge is 2.43. The molecular weight excluding hydrogens is 264 g/mol. The van der Waals surface area contributed by atoms with Crippen LogP contribution >= 0.6 is 12.4 Å². The normalized spacial score (nSPS) is 20.8. The van der Waals surface area contributed by atoms with E-state index < -0.39 is 0 Å². The Morgan fingerprint density at radius 2 is 2.32 bits per heavy atom. The van der Waals surface area contributed by atoms with Crippen molar-refractivity contribution >= 4 is 18.3 Å². The summed E-state index contributed by atoms with van der Waals surface area (Å²) in [6.45, 7) is 3.35. The minimum Gasteiger partial charge on any atom is -0.385 e. The standard InChI is InChI=1S/C14H24N2O2.ClH/c1-18-10-7-14(5-2-6-14)13(17)16-11-12-3-8-15-9-4-12;/h3,15H,2,4-11H2,1H3,(H,16,17);1H. The largest absolute Gasteiger partial charge is 0.385 e. The van der Waals surface area contributed by atoms with Gasteiger partial charge in [-0.2, -0.15) is 0 Å². The van der Waals surface area contributed by atoms with Gasteiger partial charge in [0.2, 0.25) is 5.91 Å². The number of ether oxygens (including phenoxy) is 1. The van der Waals surface area contributed by atoms with E-state index in [4.69, 9.17) is 4.74 Å². The van der Waals surface area contributed by atoms with Crippen LogP contribution in [0.15, 0.2) is 11.6 Å². The number of carbonyl (C=O) groups is 1. The van der Waals surface area contributed by atoms with E-state index in [1.807, 2.05) is 0 Å². The molecule has 0 atom stereocenters. The predicted octanol–water partition coefficient (Wildman–Crippen LogP) is 1.65. The van der Waals surface area contributed by atoms with Crippen molar-refractivity contribution in [1.82, 2.24) is 10.6 Å². The van der Waals surface area contributed by atoms with Crippen molar-refractivity contribution in [3.05, 3.63) is 11.6 Å². The molecule has 19 heavy (non-hydrogen) atoms. The van der Waals surface area contributed by atoms with Gasteiger partial charge in [-0.1, -0.05) is 18.1 Å². The van der Waals surface area contributed by atoms with Gasteiger partial charge in [0.15, 0.2) is 0 Å². The van der Waals surface area contributed by atoms with Crippen molar-refractivity contribution in [3.63, 3.8) is 0 Å². The molecule has 1 fully saturated rings. The molecule has 1 aliphatic carbocycles. The van der Waals surface area contributed by atoms with Crippen molar-refractivity contribution in [2.24, 2.45) is 5.41 Å². The van der Waals surface area contributed by atoms with Crippen molar-refractivity contribution in [3.8, 4) is 0 Å². The van der Waals surface area contributed by atoms with Crippen LogP contribution in [-0.2, 0) is 9.53 Å². The van der Waals surface area contributed by atoms with Gasteiger partial charge in [0.1, 0.15) is 0 Å². The monoisotopic (exact) mass is 288 g/mol. The van der Waals surface area contributed by atoms with Crippen LogP contribution in [0.25, 0.3) is 0 Å². The zero-order chi connectivity index (χ0) is 12.8. The summed E-state index contributed by atoms with van der Waals surface area (Å²) in [6.07, 6.45) is 7.29. The SMILES string of the molecule is COCCC1(C(=O)NCC2=CCNCC2)CCC1.Cl. The van der Waals surface area contributed by atoms with Crippen molar-refractivity contribution in [2.75, 3.05) is 33.4 Å². The van der Waals surface area contributed by atoms with E-state index >= 15 is 0 Å². The number of amides is 1. The molecule has 0 unspecified atom stereocenters. The zero-order valence-electron chi connectivity index (χ0n) is 11.7. The first-order valence-electron chi connectivity index (χ1n) is 6.93. The van der Waals surface area contributed by atoms with E-state index in [1.54, 1.807) is 7.11 Å². The highest BCUT2D eigenvalue weighted by atomic mass is 35.5. The molecule has 2 N–H and O–H groups in total. The van der Waals surface area contributed by atoms with E-state index in [1.165, 1.54) is 12.0 Å². The number of hydrogen-bond acceptors (Lipinski definition) is 3. The second-order valence-electron chi connectivity index (χ2n) is 5.38. The van der Waals surface area contributed by atoms with E-state index in [0.717, 1.165) is 45.3 Å². The van der Waals surface area contributed by atoms with Gasteiger partial charge in [-0.05, 0) is 32.2 Å². The summed E-state index contributed by atoms with van der Waals surface area (Å²) in [5, 5.41) is 6.39. The van der Waals surface area contributed by atoms with Crippen LogP contribution in [0.2, 0.25) is 0 Å². The fourth-order valence-corrected chi connectivity index (χ4v) is 2.70. The molecule has 5 heteroatoms. The van der Waals surface area contributed by atoms with E-state index in [0.29, 0.717) is 6.61 Å². The van der Waals surface area contributed by atoms with Gasteiger partial charge in [0.25, 0.3) is 0 Å². The fourth-order valence-electron chi connectivity index (χ4n) is 2.70. The Kier molecular flexibility index (Phi) is 6.83. The van der Waals surface area contributed by atoms with E-state index in [2.05, 4.69) is 16.7 Å². The van der Waals surface area contributed by atoms with Crippen LogP contribution in [-0.4, -0.2) is 39.3 Å². The first kappa shape index (κ1) is 16.5. The Morgan fingerprint density at radius 1 is 1.53 bits per heavy atom. The molecule has 0 bridgehead atoms. The summed E-state index contributed by atoms with van der Waals surface area (Å²) in [7, 11) is 1.70. The quantitative estimate of drug-likeness (QED) is 0.731. The zero-order valence-corrected chi connectivity index (χ0v) is 12.5. The summed E-state index contributed by atoms with van der Waals surface area (Å²) in [5.41, 5.74) is 1.21. The maximum Gasteiger partial charge on any atom is 0.226 e. The molecule has 0 saturated heterocycles. The van der Waals surface area contributed by atoms with Crippen molar-refractivity contribution in [2.45, 2.75) is 32.1 Å². The molecule has 110 valence electrons. The van der Waals surface area contributed by atoms with Crippen LogP contribution in [0.1, 0.15) is 32.1 Å². The van der Waals surface area contributed by atoms with E-state index in [-0.39, 0.29) is 23.7 Å². The molecule has 1 aliphatic heterocycles. The number of halogens is 1. The Bertz CT molecular complexity index is 327. The summed E-state index contributed by atoms with van der Waals surface area (Å²) in [5.74, 6) is 0.227. The van der Waals surface area contributed by atoms with E-state index in [9.17, 15) is 4.79 Å². The lowest BCUT2D eigenvalue weighted by Gasteiger charge is -2.40. The van der Waals surface area contributed by atoms with Gasteiger partial charge in [0, 0.05) is 26.8 Å². The van der Waals surface area contributed by atoms with Gasteiger partial charge >= 0.3 is 0 Å². The van der Waals surface area contributed by atoms with Gasteiger partial charge < -0.3 is 15.4 Å². The lowest BCUT2D eigenvalue weighted by molar-refractivity contribution is -0.137. The number of carbonyl (C=O) groups excluding carboxylic acids is 1. The summed E-state index contributed by atoms with van der Waals surface area (Å²) < 4.78 is 5.12. The average Bonchev–Trinajstić information content (AvgIpc) is 2.36. The predicted molar refractivity (Wildman–Crippen MR) is 78.6 cm³/mol. The molecule has 0 spiro atoms. The molecule has 1 amide bonds. The second-order valence-corrected chi connectivity index (χ2v) is 5.38. The minimum atomic E-state index is -0.135. The summed E-state index contributed by atoms with van der Waals surface area (Å²) in [6, 6.07) is 0. The molecule has 0 aromatic rings. The number of nitrogens with one attached hydrogen (secondary N) is 2. The Balaban J connectivity index is 0.00000180. The van der Waals surface area contributed by atoms with Gasteiger partial charge in [-0.3, -0.25) is 4.79 Å². The van der Waals surface area contributed by atoms with Crippen LogP contribution < -0.4 is 10.6 Å².